The van der Waals surface area contributed by atoms with E-state index in [1.807, 2.05) is 20.8 Å². The number of hydrogen-bond donors (Lipinski definition) is 0. The Labute approximate surface area is 102 Å². The number of morpholine rings is 1. The highest BCUT2D eigenvalue weighted by Crippen LogP contribution is 2.16. The molecule has 5 heteroatoms. The van der Waals surface area contributed by atoms with Gasteiger partial charge in [-0.05, 0) is 5.92 Å². The summed E-state index contributed by atoms with van der Waals surface area (Å²) in [7, 11) is 1.32. The lowest BCUT2D eigenvalue weighted by Gasteiger charge is -2.33. The summed E-state index contributed by atoms with van der Waals surface area (Å²) >= 11 is 0. The third-order valence-electron chi connectivity index (χ3n) is 3.23. The third-order valence-corrected chi connectivity index (χ3v) is 3.23. The van der Waals surface area contributed by atoms with Crippen LogP contribution in [0.25, 0.3) is 0 Å². The Morgan fingerprint density at radius 1 is 1.35 bits per heavy atom. The molecule has 0 aliphatic carbocycles. The van der Waals surface area contributed by atoms with Gasteiger partial charge in [-0.15, -0.1) is 0 Å². The topological polar surface area (TPSA) is 55.8 Å². The van der Waals surface area contributed by atoms with Gasteiger partial charge in [-0.1, -0.05) is 20.8 Å². The normalized spacial score (nSPS) is 22.4. The fourth-order valence-corrected chi connectivity index (χ4v) is 1.70. The van der Waals surface area contributed by atoms with Gasteiger partial charge in [0.1, 0.15) is 0 Å². The zero-order chi connectivity index (χ0) is 13.0. The second kappa shape index (κ2) is 6.00. The number of amides is 1. The van der Waals surface area contributed by atoms with E-state index in [9.17, 15) is 9.59 Å². The first-order valence-corrected chi connectivity index (χ1v) is 5.95. The van der Waals surface area contributed by atoms with Crippen LogP contribution >= 0.6 is 0 Å². The van der Waals surface area contributed by atoms with Crippen molar-refractivity contribution in [3.05, 3.63) is 0 Å². The van der Waals surface area contributed by atoms with Crippen molar-refractivity contribution in [3.8, 4) is 0 Å². The van der Waals surface area contributed by atoms with Crippen molar-refractivity contribution >= 4 is 11.9 Å². The van der Waals surface area contributed by atoms with Gasteiger partial charge in [-0.3, -0.25) is 4.79 Å². The number of carbonyl (C=O) groups is 2. The fraction of sp³-hybridized carbons (Fsp3) is 0.833. The summed E-state index contributed by atoms with van der Waals surface area (Å²) in [4.78, 5) is 25.2. The van der Waals surface area contributed by atoms with Crippen molar-refractivity contribution < 1.29 is 19.1 Å². The van der Waals surface area contributed by atoms with Crippen molar-refractivity contribution in [2.75, 3.05) is 26.8 Å². The lowest BCUT2D eigenvalue weighted by atomic mass is 9.96. The third kappa shape index (κ3) is 3.43. The van der Waals surface area contributed by atoms with Crippen LogP contribution in [-0.4, -0.2) is 49.7 Å². The van der Waals surface area contributed by atoms with E-state index in [-0.39, 0.29) is 11.8 Å². The molecule has 1 aliphatic heterocycles. The predicted octanol–water partition coefficient (Wildman–Crippen LogP) is 0.679. The summed E-state index contributed by atoms with van der Waals surface area (Å²) in [6.07, 6.45) is -0.642. The van der Waals surface area contributed by atoms with E-state index < -0.39 is 12.1 Å². The molecule has 1 rings (SSSR count). The molecule has 2 unspecified atom stereocenters. The molecule has 0 aromatic rings. The van der Waals surface area contributed by atoms with Gasteiger partial charge in [0.25, 0.3) is 0 Å². The molecule has 1 amide bonds. The van der Waals surface area contributed by atoms with Crippen LogP contribution in [-0.2, 0) is 19.1 Å². The first-order chi connectivity index (χ1) is 7.97. The van der Waals surface area contributed by atoms with Crippen LogP contribution in [0.4, 0.5) is 0 Å². The molecule has 0 aromatic heterocycles. The van der Waals surface area contributed by atoms with E-state index in [2.05, 4.69) is 4.74 Å². The monoisotopic (exact) mass is 243 g/mol. The van der Waals surface area contributed by atoms with Crippen molar-refractivity contribution in [2.45, 2.75) is 26.9 Å². The number of ether oxygens (including phenoxy) is 2. The summed E-state index contributed by atoms with van der Waals surface area (Å²) in [6, 6.07) is 0. The highest BCUT2D eigenvalue weighted by Gasteiger charge is 2.32. The number of methoxy groups -OCH3 is 1. The Balaban J connectivity index is 2.60. The van der Waals surface area contributed by atoms with Crippen molar-refractivity contribution in [3.63, 3.8) is 0 Å². The Kier molecular flexibility index (Phi) is 4.93. The molecule has 0 radical (unpaired) electrons. The van der Waals surface area contributed by atoms with Crippen LogP contribution in [0.3, 0.4) is 0 Å². The van der Waals surface area contributed by atoms with Gasteiger partial charge >= 0.3 is 5.97 Å². The van der Waals surface area contributed by atoms with Gasteiger partial charge in [-0.2, -0.15) is 0 Å². The van der Waals surface area contributed by atoms with Crippen LogP contribution in [0, 0.1) is 11.8 Å². The summed E-state index contributed by atoms with van der Waals surface area (Å²) in [5, 5.41) is 0. The molecule has 17 heavy (non-hydrogen) atoms. The van der Waals surface area contributed by atoms with Crippen LogP contribution in [0.2, 0.25) is 0 Å². The molecule has 0 N–H and O–H groups in total. The number of rotatable bonds is 3. The van der Waals surface area contributed by atoms with Gasteiger partial charge in [0.15, 0.2) is 6.10 Å². The fourth-order valence-electron chi connectivity index (χ4n) is 1.70. The maximum atomic E-state index is 12.1. The zero-order valence-corrected chi connectivity index (χ0v) is 10.9. The van der Waals surface area contributed by atoms with Gasteiger partial charge in [0, 0.05) is 12.5 Å². The molecule has 0 spiro atoms. The van der Waals surface area contributed by atoms with E-state index in [1.165, 1.54) is 7.11 Å². The Bertz CT molecular complexity index is 290. The number of esters is 1. The average molecular weight is 243 g/mol. The molecule has 2 atom stereocenters. The molecule has 0 aromatic carbocycles. The van der Waals surface area contributed by atoms with Crippen molar-refractivity contribution in [2.24, 2.45) is 11.8 Å². The summed E-state index contributed by atoms with van der Waals surface area (Å²) in [5.41, 5.74) is 0. The lowest BCUT2D eigenvalue weighted by Crippen LogP contribution is -2.50. The zero-order valence-electron chi connectivity index (χ0n) is 10.9. The minimum absolute atomic E-state index is 0.0357. The van der Waals surface area contributed by atoms with Crippen molar-refractivity contribution in [1.82, 2.24) is 4.90 Å². The number of hydrogen-bond acceptors (Lipinski definition) is 4. The molecule has 1 heterocycles. The minimum atomic E-state index is -0.642. The smallest absolute Gasteiger partial charge is 0.336 e. The van der Waals surface area contributed by atoms with Crippen LogP contribution < -0.4 is 0 Å². The van der Waals surface area contributed by atoms with Gasteiger partial charge in [0.2, 0.25) is 5.91 Å². The first-order valence-electron chi connectivity index (χ1n) is 5.95. The molecule has 0 bridgehead atoms. The van der Waals surface area contributed by atoms with Gasteiger partial charge in [-0.25, -0.2) is 4.79 Å². The highest BCUT2D eigenvalue weighted by molar-refractivity contribution is 5.81. The maximum Gasteiger partial charge on any atom is 0.336 e. The molecule has 5 nitrogen and oxygen atoms in total. The summed E-state index contributed by atoms with van der Waals surface area (Å²) in [5.74, 6) is -0.0785. The van der Waals surface area contributed by atoms with Crippen molar-refractivity contribution in [1.29, 1.82) is 0 Å². The largest absolute Gasteiger partial charge is 0.467 e. The Morgan fingerprint density at radius 2 is 2.00 bits per heavy atom. The lowest BCUT2D eigenvalue weighted by molar-refractivity contribution is -0.163. The van der Waals surface area contributed by atoms with Crippen LogP contribution in [0.15, 0.2) is 0 Å². The summed E-state index contributed by atoms with van der Waals surface area (Å²) in [6.45, 7) is 7.17. The standard InChI is InChI=1S/C12H21NO4/c1-8(2)9(3)11(14)13-5-6-17-10(7-13)12(15)16-4/h8-10H,5-7H2,1-4H3. The Morgan fingerprint density at radius 3 is 2.53 bits per heavy atom. The van der Waals surface area contributed by atoms with Crippen LogP contribution in [0.1, 0.15) is 20.8 Å². The average Bonchev–Trinajstić information content (AvgIpc) is 2.36. The highest BCUT2D eigenvalue weighted by atomic mass is 16.6. The quantitative estimate of drug-likeness (QED) is 0.684. The Hall–Kier alpha value is -1.10. The van der Waals surface area contributed by atoms with E-state index in [4.69, 9.17) is 4.74 Å². The molecular formula is C12H21NO4. The molecule has 1 aliphatic rings. The van der Waals surface area contributed by atoms with E-state index in [1.54, 1.807) is 4.90 Å². The predicted molar refractivity (Wildman–Crippen MR) is 62.3 cm³/mol. The summed E-state index contributed by atoms with van der Waals surface area (Å²) < 4.78 is 9.91. The molecule has 1 saturated heterocycles. The molecule has 0 saturated carbocycles. The van der Waals surface area contributed by atoms with E-state index in [0.717, 1.165) is 0 Å². The van der Waals surface area contributed by atoms with Gasteiger partial charge in [0.05, 0.1) is 20.3 Å². The molecular weight excluding hydrogens is 222 g/mol. The molecule has 98 valence electrons. The second-order valence-electron chi connectivity index (χ2n) is 4.70. The van der Waals surface area contributed by atoms with Gasteiger partial charge < -0.3 is 14.4 Å². The number of nitrogens with zero attached hydrogens (tertiary/aromatic N) is 1. The first kappa shape index (κ1) is 14.0. The van der Waals surface area contributed by atoms with E-state index >= 15 is 0 Å². The van der Waals surface area contributed by atoms with E-state index in [0.29, 0.717) is 25.6 Å². The minimum Gasteiger partial charge on any atom is -0.467 e. The molecule has 1 fully saturated rings. The SMILES string of the molecule is COC(=O)C1CN(C(=O)C(C)C(C)C)CCO1. The maximum absolute atomic E-state index is 12.1. The van der Waals surface area contributed by atoms with Crippen LogP contribution in [0.5, 0.6) is 0 Å². The second-order valence-corrected chi connectivity index (χ2v) is 4.70. The number of carbonyl (C=O) groups excluding carboxylic acids is 2.